The van der Waals surface area contributed by atoms with Gasteiger partial charge in [-0.2, -0.15) is 0 Å². The number of nitrogens with zero attached hydrogens (tertiary/aromatic N) is 1. The second kappa shape index (κ2) is 9.40. The van der Waals surface area contributed by atoms with Crippen LogP contribution in [0.25, 0.3) is 0 Å². The smallest absolute Gasteiger partial charge is 0.323 e. The van der Waals surface area contributed by atoms with Crippen LogP contribution in [0.3, 0.4) is 0 Å². The van der Waals surface area contributed by atoms with Crippen LogP contribution in [0.1, 0.15) is 0 Å². The predicted octanol–water partition coefficient (Wildman–Crippen LogP) is 4.79. The summed E-state index contributed by atoms with van der Waals surface area (Å²) >= 11 is 5.88. The van der Waals surface area contributed by atoms with Crippen molar-refractivity contribution >= 4 is 40.6 Å². The first kappa shape index (κ1) is 20.6. The summed E-state index contributed by atoms with van der Waals surface area (Å²) in [4.78, 5) is 26.3. The third-order valence-corrected chi connectivity index (χ3v) is 4.84. The normalized spacial score (nSPS) is 12.5. The van der Waals surface area contributed by atoms with Crippen molar-refractivity contribution in [2.24, 2.45) is 0 Å². The summed E-state index contributed by atoms with van der Waals surface area (Å²) in [5, 5.41) is 6.16. The molecule has 3 amide bonds. The van der Waals surface area contributed by atoms with Crippen LogP contribution >= 0.6 is 11.6 Å². The van der Waals surface area contributed by atoms with Crippen LogP contribution in [0.5, 0.6) is 11.5 Å². The number of amides is 3. The van der Waals surface area contributed by atoms with Gasteiger partial charge in [0.2, 0.25) is 0 Å². The van der Waals surface area contributed by atoms with Crippen molar-refractivity contribution in [2.45, 2.75) is 0 Å². The lowest BCUT2D eigenvalue weighted by molar-refractivity contribution is -0.121. The number of fused-ring (bicyclic) bond motifs is 1. The minimum atomic E-state index is -0.383. The molecule has 3 aromatic rings. The molecule has 4 rings (SSSR count). The van der Waals surface area contributed by atoms with E-state index in [0.717, 1.165) is 0 Å². The lowest BCUT2D eigenvalue weighted by Crippen LogP contribution is -2.41. The standard InChI is InChI=1S/C23H20ClN3O4/c24-16-6-9-19(10-7-16)30-13-12-27-20-14-18(8-11-21(20)31-15-22(27)28)26-23(29)25-17-4-2-1-3-5-17/h1-11,14H,12-13,15H2,(H2,25,26,29). The van der Waals surface area contributed by atoms with Crippen LogP contribution in [0.15, 0.2) is 72.8 Å². The van der Waals surface area contributed by atoms with Crippen molar-refractivity contribution in [3.63, 3.8) is 0 Å². The molecule has 0 aliphatic carbocycles. The largest absolute Gasteiger partial charge is 0.492 e. The Morgan fingerprint density at radius 1 is 1.00 bits per heavy atom. The number of halogens is 1. The SMILES string of the molecule is O=C(Nc1ccccc1)Nc1ccc2c(c1)N(CCOc1ccc(Cl)cc1)C(=O)CO2. The Labute approximate surface area is 184 Å². The lowest BCUT2D eigenvalue weighted by atomic mass is 10.2. The van der Waals surface area contributed by atoms with Gasteiger partial charge in [-0.25, -0.2) is 4.79 Å². The molecule has 0 fully saturated rings. The molecule has 0 bridgehead atoms. The number of hydrogen-bond acceptors (Lipinski definition) is 4. The van der Waals surface area contributed by atoms with Crippen LogP contribution in [0, 0.1) is 0 Å². The maximum atomic E-state index is 12.4. The maximum Gasteiger partial charge on any atom is 0.323 e. The molecule has 2 N–H and O–H groups in total. The number of hydrogen-bond donors (Lipinski definition) is 2. The molecule has 158 valence electrons. The summed E-state index contributed by atoms with van der Waals surface area (Å²) in [6.07, 6.45) is 0. The average Bonchev–Trinajstić information content (AvgIpc) is 2.77. The third-order valence-electron chi connectivity index (χ3n) is 4.59. The second-order valence-electron chi connectivity index (χ2n) is 6.76. The number of nitrogens with one attached hydrogen (secondary N) is 2. The second-order valence-corrected chi connectivity index (χ2v) is 7.20. The Balaban J connectivity index is 1.42. The van der Waals surface area contributed by atoms with Gasteiger partial charge in [-0.3, -0.25) is 4.79 Å². The Bertz CT molecular complexity index is 1070. The zero-order valence-electron chi connectivity index (χ0n) is 16.5. The molecule has 0 saturated carbocycles. The van der Waals surface area contributed by atoms with Gasteiger partial charge < -0.3 is 25.0 Å². The van der Waals surface area contributed by atoms with E-state index in [1.54, 1.807) is 59.5 Å². The van der Waals surface area contributed by atoms with E-state index in [0.29, 0.717) is 46.7 Å². The first-order valence-electron chi connectivity index (χ1n) is 9.67. The molecule has 31 heavy (non-hydrogen) atoms. The van der Waals surface area contributed by atoms with Crippen molar-refractivity contribution in [1.29, 1.82) is 0 Å². The number of urea groups is 1. The van der Waals surface area contributed by atoms with Gasteiger partial charge in [0.25, 0.3) is 5.91 Å². The highest BCUT2D eigenvalue weighted by Gasteiger charge is 2.26. The van der Waals surface area contributed by atoms with Crippen LogP contribution in [-0.4, -0.2) is 31.7 Å². The molecule has 0 atom stereocenters. The fourth-order valence-corrected chi connectivity index (χ4v) is 3.25. The topological polar surface area (TPSA) is 79.9 Å². The molecule has 1 aliphatic heterocycles. The van der Waals surface area contributed by atoms with Crippen molar-refractivity contribution in [1.82, 2.24) is 0 Å². The highest BCUT2D eigenvalue weighted by Crippen LogP contribution is 2.34. The van der Waals surface area contributed by atoms with E-state index in [2.05, 4.69) is 10.6 Å². The number of rotatable bonds is 6. The Kier molecular flexibility index (Phi) is 6.24. The summed E-state index contributed by atoms with van der Waals surface area (Å²) in [5.41, 5.74) is 1.79. The number of carbonyl (C=O) groups excluding carboxylic acids is 2. The van der Waals surface area contributed by atoms with E-state index in [4.69, 9.17) is 21.1 Å². The molecule has 1 aliphatic rings. The highest BCUT2D eigenvalue weighted by molar-refractivity contribution is 6.30. The lowest BCUT2D eigenvalue weighted by Gasteiger charge is -2.29. The average molecular weight is 438 g/mol. The fraction of sp³-hybridized carbons (Fsp3) is 0.130. The van der Waals surface area contributed by atoms with Gasteiger partial charge in [0.05, 0.1) is 12.2 Å². The molecule has 0 saturated heterocycles. The molecule has 0 radical (unpaired) electrons. The molecule has 3 aromatic carbocycles. The fourth-order valence-electron chi connectivity index (χ4n) is 3.13. The van der Waals surface area contributed by atoms with Crippen LogP contribution in [0.2, 0.25) is 5.02 Å². The quantitative estimate of drug-likeness (QED) is 0.581. The van der Waals surface area contributed by atoms with Crippen molar-refractivity contribution in [3.05, 3.63) is 77.8 Å². The molecule has 1 heterocycles. The molecule has 0 unspecified atom stereocenters. The van der Waals surface area contributed by atoms with Gasteiger partial charge in [0.1, 0.15) is 18.1 Å². The van der Waals surface area contributed by atoms with Crippen molar-refractivity contribution in [3.8, 4) is 11.5 Å². The maximum absolute atomic E-state index is 12.4. The zero-order valence-corrected chi connectivity index (χ0v) is 17.3. The first-order valence-corrected chi connectivity index (χ1v) is 10.0. The Hall–Kier alpha value is -3.71. The first-order chi connectivity index (χ1) is 15.1. The van der Waals surface area contributed by atoms with Crippen molar-refractivity contribution < 1.29 is 19.1 Å². The van der Waals surface area contributed by atoms with E-state index in [-0.39, 0.29) is 18.5 Å². The predicted molar refractivity (Wildman–Crippen MR) is 120 cm³/mol. The van der Waals surface area contributed by atoms with Crippen LogP contribution in [-0.2, 0) is 4.79 Å². The summed E-state index contributed by atoms with van der Waals surface area (Å²) in [5.74, 6) is 1.05. The van der Waals surface area contributed by atoms with E-state index in [1.807, 2.05) is 18.2 Å². The van der Waals surface area contributed by atoms with Crippen molar-refractivity contribution in [2.75, 3.05) is 35.3 Å². The van der Waals surface area contributed by atoms with Gasteiger partial charge in [-0.05, 0) is 54.6 Å². The molecular weight excluding hydrogens is 418 g/mol. The number of para-hydroxylation sites is 1. The van der Waals surface area contributed by atoms with Gasteiger partial charge in [-0.1, -0.05) is 29.8 Å². The molecular formula is C23H20ClN3O4. The minimum absolute atomic E-state index is 0.0464. The van der Waals surface area contributed by atoms with Gasteiger partial charge in [0.15, 0.2) is 6.61 Å². The summed E-state index contributed by atoms with van der Waals surface area (Å²) in [6.45, 7) is 0.575. The van der Waals surface area contributed by atoms with Crippen LogP contribution < -0.4 is 25.0 Å². The number of carbonyl (C=O) groups is 2. The van der Waals surface area contributed by atoms with Gasteiger partial charge in [-0.15, -0.1) is 0 Å². The molecule has 0 aromatic heterocycles. The van der Waals surface area contributed by atoms with E-state index < -0.39 is 0 Å². The molecule has 8 heteroatoms. The number of benzene rings is 3. The van der Waals surface area contributed by atoms with E-state index >= 15 is 0 Å². The van der Waals surface area contributed by atoms with Crippen LogP contribution in [0.4, 0.5) is 21.9 Å². The summed E-state index contributed by atoms with van der Waals surface area (Å²) in [7, 11) is 0. The number of ether oxygens (including phenoxy) is 2. The number of anilines is 3. The summed E-state index contributed by atoms with van der Waals surface area (Å²) < 4.78 is 11.2. The Morgan fingerprint density at radius 2 is 1.74 bits per heavy atom. The van der Waals surface area contributed by atoms with E-state index in [1.165, 1.54) is 0 Å². The molecule has 7 nitrogen and oxygen atoms in total. The summed E-state index contributed by atoms with van der Waals surface area (Å²) in [6, 6.07) is 20.9. The highest BCUT2D eigenvalue weighted by atomic mass is 35.5. The van der Waals surface area contributed by atoms with Gasteiger partial charge in [0, 0.05) is 16.4 Å². The Morgan fingerprint density at radius 3 is 2.52 bits per heavy atom. The minimum Gasteiger partial charge on any atom is -0.492 e. The third kappa shape index (κ3) is 5.26. The van der Waals surface area contributed by atoms with E-state index in [9.17, 15) is 9.59 Å². The zero-order chi connectivity index (χ0) is 21.6. The van der Waals surface area contributed by atoms with Gasteiger partial charge >= 0.3 is 6.03 Å². The monoisotopic (exact) mass is 437 g/mol. The molecule has 0 spiro atoms.